The number of rotatable bonds is 13. The van der Waals surface area contributed by atoms with Crippen LogP contribution < -0.4 is 16.2 Å². The number of aryl methyl sites for hydroxylation is 1. The molecule has 1 heterocycles. The van der Waals surface area contributed by atoms with Crippen LogP contribution >= 0.6 is 0 Å². The van der Waals surface area contributed by atoms with Crippen LogP contribution in [0.3, 0.4) is 0 Å². The van der Waals surface area contributed by atoms with Gasteiger partial charge in [-0.25, -0.2) is 14.6 Å². The minimum absolute atomic E-state index is 0.00714. The number of aromatic amines is 1. The number of anilines is 1. The van der Waals surface area contributed by atoms with Crippen molar-refractivity contribution in [2.75, 3.05) is 18.5 Å². The molecule has 2 amide bonds. The van der Waals surface area contributed by atoms with E-state index in [0.29, 0.717) is 25.1 Å². The van der Waals surface area contributed by atoms with E-state index in [1.165, 1.54) is 6.07 Å². The molecule has 0 radical (unpaired) electrons. The maximum Gasteiger partial charge on any atom is 0.330 e. The Hall–Kier alpha value is -3.17. The molecule has 1 aromatic heterocycles. The van der Waals surface area contributed by atoms with Crippen molar-refractivity contribution in [3.8, 4) is 0 Å². The lowest BCUT2D eigenvalue weighted by Crippen LogP contribution is -2.31. The van der Waals surface area contributed by atoms with Gasteiger partial charge in [0.05, 0.1) is 0 Å². The number of aromatic nitrogens is 2. The fourth-order valence-electron chi connectivity index (χ4n) is 2.49. The molecule has 0 saturated carbocycles. The largest absolute Gasteiger partial charge is 0.459 e. The molecular weight excluding hydrogens is 392 g/mol. The molecule has 10 nitrogen and oxygen atoms in total. The van der Waals surface area contributed by atoms with E-state index in [1.54, 1.807) is 13.8 Å². The number of nitrogens with one attached hydrogen (secondary N) is 3. The zero-order chi connectivity index (χ0) is 22.4. The van der Waals surface area contributed by atoms with Crippen LogP contribution in [0.4, 0.5) is 10.7 Å². The van der Waals surface area contributed by atoms with E-state index in [9.17, 15) is 19.2 Å². The van der Waals surface area contributed by atoms with Crippen LogP contribution in [0, 0.1) is 6.92 Å². The van der Waals surface area contributed by atoms with E-state index in [4.69, 9.17) is 9.47 Å². The molecule has 0 aliphatic carbocycles. The lowest BCUT2D eigenvalue weighted by atomic mass is 10.1. The van der Waals surface area contributed by atoms with Gasteiger partial charge in [0.1, 0.15) is 12.7 Å². The maximum atomic E-state index is 11.8. The molecule has 0 spiro atoms. The lowest BCUT2D eigenvalue weighted by molar-refractivity contribution is -0.155. The lowest BCUT2D eigenvalue weighted by Gasteiger charge is -2.12. The number of hydrogen-bond donors (Lipinski definition) is 3. The topological polar surface area (TPSA) is 139 Å². The highest BCUT2D eigenvalue weighted by atomic mass is 16.6. The predicted molar refractivity (Wildman–Crippen MR) is 111 cm³/mol. The van der Waals surface area contributed by atoms with E-state index in [-0.39, 0.29) is 24.1 Å². The minimum atomic E-state index is -0.549. The van der Waals surface area contributed by atoms with Gasteiger partial charge in [0, 0.05) is 30.8 Å². The normalized spacial score (nSPS) is 11.3. The van der Waals surface area contributed by atoms with Crippen molar-refractivity contribution in [2.45, 2.75) is 58.5 Å². The molecule has 0 aliphatic heterocycles. The molecule has 3 N–H and O–H groups in total. The van der Waals surface area contributed by atoms with Crippen molar-refractivity contribution in [3.05, 3.63) is 34.8 Å². The van der Waals surface area contributed by atoms with Crippen LogP contribution in [0.5, 0.6) is 0 Å². The first-order valence-electron chi connectivity index (χ1n) is 9.91. The number of hydrogen-bond acceptors (Lipinski definition) is 7. The molecule has 0 aromatic carbocycles. The molecule has 166 valence electrons. The first-order chi connectivity index (χ1) is 14.3. The van der Waals surface area contributed by atoms with E-state index >= 15 is 0 Å². The number of amides is 2. The number of esters is 2. The van der Waals surface area contributed by atoms with Gasteiger partial charge in [-0.1, -0.05) is 25.8 Å². The van der Waals surface area contributed by atoms with Gasteiger partial charge in [-0.3, -0.25) is 19.9 Å². The molecule has 0 saturated heterocycles. The molecule has 0 aliphatic rings. The molecule has 30 heavy (non-hydrogen) atoms. The summed E-state index contributed by atoms with van der Waals surface area (Å²) in [6, 6.07) is 0.906. The third-order valence-corrected chi connectivity index (χ3v) is 3.90. The van der Waals surface area contributed by atoms with Gasteiger partial charge in [-0.15, -0.1) is 0 Å². The Kier molecular flexibility index (Phi) is 11.5. The van der Waals surface area contributed by atoms with E-state index in [0.717, 1.165) is 31.8 Å². The van der Waals surface area contributed by atoms with Crippen molar-refractivity contribution in [1.29, 1.82) is 0 Å². The van der Waals surface area contributed by atoms with Gasteiger partial charge in [0.15, 0.2) is 0 Å². The number of unbranched alkanes of at least 4 members (excludes halogenated alkanes) is 4. The summed E-state index contributed by atoms with van der Waals surface area (Å²) < 4.78 is 9.96. The van der Waals surface area contributed by atoms with Crippen LogP contribution in [-0.4, -0.2) is 47.2 Å². The van der Waals surface area contributed by atoms with Crippen molar-refractivity contribution < 1.29 is 23.9 Å². The Morgan fingerprint density at radius 1 is 1.23 bits per heavy atom. The Morgan fingerprint density at radius 2 is 1.93 bits per heavy atom. The number of carbonyl (C=O) groups is 3. The molecule has 1 rings (SSSR count). The van der Waals surface area contributed by atoms with E-state index in [1.807, 2.05) is 0 Å². The van der Waals surface area contributed by atoms with Crippen molar-refractivity contribution in [2.24, 2.45) is 0 Å². The van der Waals surface area contributed by atoms with Crippen molar-refractivity contribution in [3.63, 3.8) is 0 Å². The van der Waals surface area contributed by atoms with Crippen LogP contribution in [-0.2, 0) is 19.1 Å². The number of carbonyl (C=O) groups excluding carboxylic acids is 3. The second-order valence-electron chi connectivity index (χ2n) is 6.77. The second kappa shape index (κ2) is 13.9. The Balaban J connectivity index is 2.03. The van der Waals surface area contributed by atoms with Gasteiger partial charge < -0.3 is 14.8 Å². The third-order valence-electron chi connectivity index (χ3n) is 3.90. The Labute approximate surface area is 175 Å². The van der Waals surface area contributed by atoms with Crippen LogP contribution in [0.15, 0.2) is 23.5 Å². The summed E-state index contributed by atoms with van der Waals surface area (Å²) in [4.78, 5) is 52.2. The SMILES string of the molecule is C=CC(=O)OCC(C)OC(=O)CCCCCCCNC(=O)Nc1nc(C)cc(=O)[nH]1. The number of urea groups is 1. The van der Waals surface area contributed by atoms with Crippen LogP contribution in [0.1, 0.15) is 51.1 Å². The zero-order valence-corrected chi connectivity index (χ0v) is 17.5. The molecule has 0 fully saturated rings. The Morgan fingerprint density at radius 3 is 2.63 bits per heavy atom. The summed E-state index contributed by atoms with van der Waals surface area (Å²) >= 11 is 0. The average molecular weight is 422 g/mol. The summed E-state index contributed by atoms with van der Waals surface area (Å²) in [5, 5.41) is 5.18. The van der Waals surface area contributed by atoms with E-state index in [2.05, 4.69) is 27.2 Å². The van der Waals surface area contributed by atoms with E-state index < -0.39 is 18.1 Å². The first-order valence-corrected chi connectivity index (χ1v) is 9.91. The highest BCUT2D eigenvalue weighted by Gasteiger charge is 2.11. The van der Waals surface area contributed by atoms with Gasteiger partial charge in [0.2, 0.25) is 5.95 Å². The summed E-state index contributed by atoms with van der Waals surface area (Å²) in [5.41, 5.74) is 0.191. The van der Waals surface area contributed by atoms with Crippen LogP contribution in [0.25, 0.3) is 0 Å². The first kappa shape index (κ1) is 24.9. The highest BCUT2D eigenvalue weighted by Crippen LogP contribution is 2.07. The van der Waals surface area contributed by atoms with Gasteiger partial charge in [-0.2, -0.15) is 0 Å². The molecule has 1 atom stereocenters. The second-order valence-corrected chi connectivity index (χ2v) is 6.77. The van der Waals surface area contributed by atoms with Gasteiger partial charge in [-0.05, 0) is 26.7 Å². The fourth-order valence-corrected chi connectivity index (χ4v) is 2.49. The summed E-state index contributed by atoms with van der Waals surface area (Å²) in [5.74, 6) is -0.762. The van der Waals surface area contributed by atoms with Crippen LogP contribution in [0.2, 0.25) is 0 Å². The number of ether oxygens (including phenoxy) is 2. The van der Waals surface area contributed by atoms with Crippen molar-refractivity contribution >= 4 is 23.9 Å². The maximum absolute atomic E-state index is 11.8. The summed E-state index contributed by atoms with van der Waals surface area (Å²) in [6.07, 6.45) is 5.07. The molecule has 1 aromatic rings. The molecule has 1 unspecified atom stereocenters. The third kappa shape index (κ3) is 11.6. The zero-order valence-electron chi connectivity index (χ0n) is 17.5. The smallest absolute Gasteiger partial charge is 0.330 e. The predicted octanol–water partition coefficient (Wildman–Crippen LogP) is 2.20. The monoisotopic (exact) mass is 422 g/mol. The quantitative estimate of drug-likeness (QED) is 0.251. The highest BCUT2D eigenvalue weighted by molar-refractivity contribution is 5.87. The standard InChI is InChI=1S/C20H30N4O6/c1-4-17(26)29-13-15(3)30-18(27)10-8-6-5-7-9-11-21-20(28)24-19-22-14(2)12-16(25)23-19/h4,12,15H,1,5-11,13H2,2-3H3,(H3,21,22,23,24,25,28). The number of nitrogens with zero attached hydrogens (tertiary/aromatic N) is 1. The molecular formula is C20H30N4O6. The summed E-state index contributed by atoms with van der Waals surface area (Å²) in [6.45, 7) is 7.11. The minimum Gasteiger partial charge on any atom is -0.459 e. The molecule has 0 bridgehead atoms. The van der Waals surface area contributed by atoms with Crippen molar-refractivity contribution in [1.82, 2.24) is 15.3 Å². The number of H-pyrrole nitrogens is 1. The molecule has 10 heteroatoms. The Bertz CT molecular complexity index is 777. The average Bonchev–Trinajstić information content (AvgIpc) is 2.67. The van der Waals surface area contributed by atoms with Gasteiger partial charge in [0.25, 0.3) is 5.56 Å². The fraction of sp³-hybridized carbons (Fsp3) is 0.550. The summed E-state index contributed by atoms with van der Waals surface area (Å²) in [7, 11) is 0. The van der Waals surface area contributed by atoms with Gasteiger partial charge >= 0.3 is 18.0 Å².